The van der Waals surface area contributed by atoms with E-state index in [1.54, 1.807) is 19.2 Å². The first-order chi connectivity index (χ1) is 9.95. The SMILES string of the molecule is Cc1cc(Br)cnc1NC(=O)c1cccc(OC(F)F)c1. The van der Waals surface area contributed by atoms with Gasteiger partial charge in [0.1, 0.15) is 11.6 Å². The Labute approximate surface area is 128 Å². The van der Waals surface area contributed by atoms with Gasteiger partial charge >= 0.3 is 6.61 Å². The largest absolute Gasteiger partial charge is 0.435 e. The number of aromatic nitrogens is 1. The molecule has 21 heavy (non-hydrogen) atoms. The summed E-state index contributed by atoms with van der Waals surface area (Å²) in [6, 6.07) is 7.37. The number of benzene rings is 1. The summed E-state index contributed by atoms with van der Waals surface area (Å²) in [6.45, 7) is -1.14. The maximum Gasteiger partial charge on any atom is 0.387 e. The second kappa shape index (κ2) is 6.62. The van der Waals surface area contributed by atoms with Gasteiger partial charge in [0, 0.05) is 16.2 Å². The van der Waals surface area contributed by atoms with Crippen LogP contribution in [0.5, 0.6) is 5.75 Å². The van der Waals surface area contributed by atoms with Crippen LogP contribution in [0.15, 0.2) is 41.0 Å². The number of hydrogen-bond acceptors (Lipinski definition) is 3. The summed E-state index contributed by atoms with van der Waals surface area (Å²) in [5.74, 6) is -0.117. The lowest BCUT2D eigenvalue weighted by Crippen LogP contribution is -2.14. The second-order valence-electron chi connectivity index (χ2n) is 4.18. The van der Waals surface area contributed by atoms with Crippen molar-refractivity contribution < 1.29 is 18.3 Å². The molecule has 4 nitrogen and oxygen atoms in total. The van der Waals surface area contributed by atoms with Crippen molar-refractivity contribution in [1.29, 1.82) is 0 Å². The van der Waals surface area contributed by atoms with Crippen molar-refractivity contribution in [3.05, 3.63) is 52.1 Å². The van der Waals surface area contributed by atoms with Crippen LogP contribution in [0.3, 0.4) is 0 Å². The Morgan fingerprint density at radius 1 is 1.38 bits per heavy atom. The van der Waals surface area contributed by atoms with Gasteiger partial charge in [-0.15, -0.1) is 0 Å². The Balaban J connectivity index is 2.16. The molecular weight excluding hydrogens is 346 g/mol. The first kappa shape index (κ1) is 15.4. The summed E-state index contributed by atoms with van der Waals surface area (Å²) in [5.41, 5.74) is 0.981. The molecule has 0 fully saturated rings. The molecule has 1 N–H and O–H groups in total. The molecule has 0 unspecified atom stereocenters. The number of anilines is 1. The van der Waals surface area contributed by atoms with E-state index in [9.17, 15) is 13.6 Å². The minimum Gasteiger partial charge on any atom is -0.435 e. The van der Waals surface area contributed by atoms with Gasteiger partial charge in [0.25, 0.3) is 5.91 Å². The number of rotatable bonds is 4. The zero-order valence-corrected chi connectivity index (χ0v) is 12.5. The fourth-order valence-electron chi connectivity index (χ4n) is 1.66. The van der Waals surface area contributed by atoms with Crippen LogP contribution in [-0.2, 0) is 0 Å². The minimum atomic E-state index is -2.93. The average Bonchev–Trinajstić information content (AvgIpc) is 2.41. The molecule has 1 amide bonds. The summed E-state index contributed by atoms with van der Waals surface area (Å²) < 4.78 is 29.4. The second-order valence-corrected chi connectivity index (χ2v) is 5.10. The number of carbonyl (C=O) groups excluding carboxylic acids is 1. The number of carbonyl (C=O) groups is 1. The Morgan fingerprint density at radius 3 is 2.81 bits per heavy atom. The van der Waals surface area contributed by atoms with E-state index in [0.717, 1.165) is 10.0 Å². The number of ether oxygens (including phenoxy) is 1. The van der Waals surface area contributed by atoms with E-state index in [2.05, 4.69) is 31.0 Å². The van der Waals surface area contributed by atoms with E-state index in [1.165, 1.54) is 24.3 Å². The van der Waals surface area contributed by atoms with Gasteiger partial charge in [0.05, 0.1) is 0 Å². The molecule has 0 radical (unpaired) electrons. The van der Waals surface area contributed by atoms with Gasteiger partial charge in [0.2, 0.25) is 0 Å². The number of nitrogens with zero attached hydrogens (tertiary/aromatic N) is 1. The van der Waals surface area contributed by atoms with E-state index in [0.29, 0.717) is 5.82 Å². The Hall–Kier alpha value is -2.02. The van der Waals surface area contributed by atoms with E-state index in [4.69, 9.17) is 0 Å². The van der Waals surface area contributed by atoms with Gasteiger partial charge in [-0.1, -0.05) is 6.07 Å². The molecule has 2 aromatic rings. The molecule has 1 heterocycles. The van der Waals surface area contributed by atoms with Gasteiger partial charge in [-0.2, -0.15) is 8.78 Å². The lowest BCUT2D eigenvalue weighted by molar-refractivity contribution is -0.0498. The molecule has 0 atom stereocenters. The highest BCUT2D eigenvalue weighted by Gasteiger charge is 2.11. The normalized spacial score (nSPS) is 10.5. The smallest absolute Gasteiger partial charge is 0.387 e. The lowest BCUT2D eigenvalue weighted by atomic mass is 10.2. The number of nitrogens with one attached hydrogen (secondary N) is 1. The molecule has 0 aliphatic carbocycles. The van der Waals surface area contributed by atoms with Crippen molar-refractivity contribution in [1.82, 2.24) is 4.98 Å². The van der Waals surface area contributed by atoms with Gasteiger partial charge < -0.3 is 10.1 Å². The van der Waals surface area contributed by atoms with E-state index < -0.39 is 12.5 Å². The van der Waals surface area contributed by atoms with Crippen LogP contribution < -0.4 is 10.1 Å². The zero-order valence-electron chi connectivity index (χ0n) is 10.9. The predicted octanol–water partition coefficient (Wildman–Crippen LogP) is 4.01. The third-order valence-electron chi connectivity index (χ3n) is 2.60. The summed E-state index contributed by atoms with van der Waals surface area (Å²) in [7, 11) is 0. The molecule has 0 saturated heterocycles. The molecule has 0 spiro atoms. The first-order valence-electron chi connectivity index (χ1n) is 5.94. The molecule has 0 saturated carbocycles. The maximum atomic E-state index is 12.2. The Bertz CT molecular complexity index is 665. The van der Waals surface area contributed by atoms with Gasteiger partial charge in [-0.3, -0.25) is 4.79 Å². The third-order valence-corrected chi connectivity index (χ3v) is 3.03. The Morgan fingerprint density at radius 2 is 2.14 bits per heavy atom. The molecule has 7 heteroatoms. The van der Waals surface area contributed by atoms with Crippen LogP contribution in [0, 0.1) is 6.92 Å². The van der Waals surface area contributed by atoms with Crippen LogP contribution in [0.1, 0.15) is 15.9 Å². The first-order valence-corrected chi connectivity index (χ1v) is 6.73. The monoisotopic (exact) mass is 356 g/mol. The van der Waals surface area contributed by atoms with Crippen molar-refractivity contribution >= 4 is 27.7 Å². The van der Waals surface area contributed by atoms with Crippen molar-refractivity contribution in [2.24, 2.45) is 0 Å². The maximum absolute atomic E-state index is 12.2. The molecule has 110 valence electrons. The van der Waals surface area contributed by atoms with Crippen molar-refractivity contribution in [2.75, 3.05) is 5.32 Å². The fourth-order valence-corrected chi connectivity index (χ4v) is 2.11. The summed E-state index contributed by atoms with van der Waals surface area (Å²) in [5, 5.41) is 2.62. The molecule has 0 aliphatic heterocycles. The number of aryl methyl sites for hydroxylation is 1. The molecule has 2 rings (SSSR count). The van der Waals surface area contributed by atoms with Crippen molar-refractivity contribution in [3.8, 4) is 5.75 Å². The minimum absolute atomic E-state index is 0.0712. The summed E-state index contributed by atoms with van der Waals surface area (Å²) in [6.07, 6.45) is 1.55. The summed E-state index contributed by atoms with van der Waals surface area (Å²) in [4.78, 5) is 16.2. The zero-order chi connectivity index (χ0) is 15.4. The van der Waals surface area contributed by atoms with Crippen LogP contribution in [-0.4, -0.2) is 17.5 Å². The highest BCUT2D eigenvalue weighted by atomic mass is 79.9. The highest BCUT2D eigenvalue weighted by molar-refractivity contribution is 9.10. The highest BCUT2D eigenvalue weighted by Crippen LogP contribution is 2.19. The lowest BCUT2D eigenvalue weighted by Gasteiger charge is -2.09. The standard InChI is InChI=1S/C14H11BrF2N2O2/c1-8-5-10(15)7-18-12(8)19-13(20)9-3-2-4-11(6-9)21-14(16)17/h2-7,14H,1H3,(H,18,19,20). The molecule has 1 aromatic carbocycles. The van der Waals surface area contributed by atoms with Gasteiger partial charge in [-0.25, -0.2) is 4.98 Å². The van der Waals surface area contributed by atoms with E-state index in [-0.39, 0.29) is 11.3 Å². The average molecular weight is 357 g/mol. The van der Waals surface area contributed by atoms with Crippen LogP contribution in [0.4, 0.5) is 14.6 Å². The van der Waals surface area contributed by atoms with E-state index >= 15 is 0 Å². The molecular formula is C14H11BrF2N2O2. The predicted molar refractivity (Wildman–Crippen MR) is 77.7 cm³/mol. The van der Waals surface area contributed by atoms with Crippen LogP contribution >= 0.6 is 15.9 Å². The van der Waals surface area contributed by atoms with Crippen LogP contribution in [0.2, 0.25) is 0 Å². The fraction of sp³-hybridized carbons (Fsp3) is 0.143. The van der Waals surface area contributed by atoms with Crippen molar-refractivity contribution in [2.45, 2.75) is 13.5 Å². The Kier molecular flexibility index (Phi) is 4.85. The van der Waals surface area contributed by atoms with E-state index in [1.807, 2.05) is 0 Å². The molecule has 0 bridgehead atoms. The number of halogens is 3. The van der Waals surface area contributed by atoms with Gasteiger partial charge in [0.15, 0.2) is 0 Å². The number of hydrogen-bond donors (Lipinski definition) is 1. The topological polar surface area (TPSA) is 51.2 Å². The number of amides is 1. The molecule has 1 aromatic heterocycles. The molecule has 0 aliphatic rings. The van der Waals surface area contributed by atoms with Gasteiger partial charge in [-0.05, 0) is 52.7 Å². The number of alkyl halides is 2. The third kappa shape index (κ3) is 4.22. The summed E-state index contributed by atoms with van der Waals surface area (Å²) >= 11 is 3.28. The number of pyridine rings is 1. The van der Waals surface area contributed by atoms with Crippen molar-refractivity contribution in [3.63, 3.8) is 0 Å². The van der Waals surface area contributed by atoms with Crippen LogP contribution in [0.25, 0.3) is 0 Å². The quantitative estimate of drug-likeness (QED) is 0.900.